The van der Waals surface area contributed by atoms with Crippen LogP contribution < -0.4 is 10.1 Å². The third-order valence-corrected chi connectivity index (χ3v) is 7.92. The van der Waals surface area contributed by atoms with Crippen LogP contribution >= 0.6 is 0 Å². The predicted octanol–water partition coefficient (Wildman–Crippen LogP) is 5.66. The fourth-order valence-electron chi connectivity index (χ4n) is 5.76. The fraction of sp³-hybridized carbons (Fsp3) is 0.312. The van der Waals surface area contributed by atoms with E-state index in [9.17, 15) is 4.79 Å². The summed E-state index contributed by atoms with van der Waals surface area (Å²) >= 11 is 0. The van der Waals surface area contributed by atoms with Crippen molar-refractivity contribution in [1.29, 1.82) is 0 Å². The van der Waals surface area contributed by atoms with E-state index in [0.29, 0.717) is 24.1 Å². The van der Waals surface area contributed by atoms with E-state index in [4.69, 9.17) is 4.74 Å². The Morgan fingerprint density at radius 3 is 2.66 bits per heavy atom. The number of pyridine rings is 1. The molecule has 0 unspecified atom stereocenters. The maximum absolute atomic E-state index is 13.1. The number of aryl methyl sites for hydroxylation is 2. The number of fused-ring (bicyclic) bond motifs is 4. The quantitative estimate of drug-likeness (QED) is 0.295. The third kappa shape index (κ3) is 4.39. The number of aromatic nitrogens is 2. The average molecular weight is 507 g/mol. The molecule has 0 aliphatic heterocycles. The molecular weight excluding hydrogens is 472 g/mol. The second kappa shape index (κ2) is 9.76. The van der Waals surface area contributed by atoms with Gasteiger partial charge in [0.2, 0.25) is 0 Å². The van der Waals surface area contributed by atoms with Crippen molar-refractivity contribution in [1.82, 2.24) is 19.8 Å². The van der Waals surface area contributed by atoms with E-state index in [0.717, 1.165) is 51.5 Å². The minimum absolute atomic E-state index is 0.141. The smallest absolute Gasteiger partial charge is 0.270 e. The van der Waals surface area contributed by atoms with Crippen LogP contribution in [0, 0.1) is 12.8 Å². The summed E-state index contributed by atoms with van der Waals surface area (Å²) in [6.07, 6.45) is 2.91. The number of benzene rings is 3. The largest absolute Gasteiger partial charge is 0.493 e. The first-order valence-electron chi connectivity index (χ1n) is 13.3. The molecule has 6 heteroatoms. The highest BCUT2D eigenvalue weighted by Crippen LogP contribution is 2.47. The Bertz CT molecular complexity index is 1660. The molecule has 6 rings (SSSR count). The lowest BCUT2D eigenvalue weighted by atomic mass is 10.00. The maximum Gasteiger partial charge on any atom is 0.270 e. The van der Waals surface area contributed by atoms with Gasteiger partial charge in [-0.3, -0.25) is 9.78 Å². The molecule has 2 atom stereocenters. The number of rotatable bonds is 8. The monoisotopic (exact) mass is 506 g/mol. The summed E-state index contributed by atoms with van der Waals surface area (Å²) in [6, 6.07) is 21.2. The van der Waals surface area contributed by atoms with Gasteiger partial charge < -0.3 is 19.5 Å². The molecule has 38 heavy (non-hydrogen) atoms. The molecule has 1 saturated carbocycles. The van der Waals surface area contributed by atoms with Crippen LogP contribution in [0.15, 0.2) is 66.9 Å². The number of amides is 1. The van der Waals surface area contributed by atoms with Gasteiger partial charge in [-0.2, -0.15) is 0 Å². The van der Waals surface area contributed by atoms with Gasteiger partial charge in [0, 0.05) is 53.9 Å². The molecule has 3 aromatic carbocycles. The van der Waals surface area contributed by atoms with E-state index in [1.54, 1.807) is 6.20 Å². The first-order valence-corrected chi connectivity index (χ1v) is 13.3. The highest BCUT2D eigenvalue weighted by atomic mass is 16.5. The first-order chi connectivity index (χ1) is 18.4. The Kier molecular flexibility index (Phi) is 6.28. The molecule has 0 radical (unpaired) electrons. The van der Waals surface area contributed by atoms with Crippen LogP contribution in [-0.2, 0) is 7.05 Å². The van der Waals surface area contributed by atoms with E-state index >= 15 is 0 Å². The van der Waals surface area contributed by atoms with Crippen molar-refractivity contribution < 1.29 is 9.53 Å². The molecule has 0 bridgehead atoms. The maximum atomic E-state index is 13.1. The van der Waals surface area contributed by atoms with Crippen molar-refractivity contribution in [2.24, 2.45) is 13.0 Å². The minimum atomic E-state index is -0.141. The molecule has 1 fully saturated rings. The van der Waals surface area contributed by atoms with Crippen LogP contribution in [0.25, 0.3) is 32.6 Å². The Labute approximate surface area is 223 Å². The summed E-state index contributed by atoms with van der Waals surface area (Å²) in [6.45, 7) is 4.20. The van der Waals surface area contributed by atoms with Gasteiger partial charge >= 0.3 is 0 Å². The van der Waals surface area contributed by atoms with E-state index in [2.05, 4.69) is 83.4 Å². The zero-order valence-electron chi connectivity index (χ0n) is 22.5. The average Bonchev–Trinajstić information content (AvgIpc) is 3.65. The van der Waals surface area contributed by atoms with Crippen molar-refractivity contribution >= 4 is 38.5 Å². The van der Waals surface area contributed by atoms with E-state index in [1.807, 2.05) is 25.1 Å². The summed E-state index contributed by atoms with van der Waals surface area (Å²) < 4.78 is 8.54. The lowest BCUT2D eigenvalue weighted by Crippen LogP contribution is -2.31. The van der Waals surface area contributed by atoms with Gasteiger partial charge in [0.25, 0.3) is 5.91 Å². The SMILES string of the molecule is Cc1c2ccnc(C(=O)NCCN(C)C)c2cc2c3cc(OC[C@H]4C[C@@H]4c4ccccc4)ccc3n(C)c12. The van der Waals surface area contributed by atoms with E-state index in [1.165, 1.54) is 17.5 Å². The number of likely N-dealkylation sites (N-methyl/N-ethyl adjacent to an activating group) is 1. The van der Waals surface area contributed by atoms with Crippen LogP contribution in [0.3, 0.4) is 0 Å². The zero-order chi connectivity index (χ0) is 26.4. The molecule has 2 aromatic heterocycles. The number of nitrogens with one attached hydrogen (secondary N) is 1. The molecule has 1 N–H and O–H groups in total. The number of hydrogen-bond donors (Lipinski definition) is 1. The number of nitrogens with zero attached hydrogens (tertiary/aromatic N) is 3. The number of hydrogen-bond acceptors (Lipinski definition) is 4. The summed E-state index contributed by atoms with van der Waals surface area (Å²) in [5.41, 5.74) is 5.33. The second-order valence-corrected chi connectivity index (χ2v) is 10.8. The molecule has 0 spiro atoms. The van der Waals surface area contributed by atoms with Crippen LogP contribution in [0.2, 0.25) is 0 Å². The van der Waals surface area contributed by atoms with Crippen molar-refractivity contribution in [3.8, 4) is 5.75 Å². The molecule has 194 valence electrons. The summed E-state index contributed by atoms with van der Waals surface area (Å²) in [5.74, 6) is 1.90. The van der Waals surface area contributed by atoms with Crippen LogP contribution in [0.4, 0.5) is 0 Å². The van der Waals surface area contributed by atoms with Crippen molar-refractivity contribution in [3.63, 3.8) is 0 Å². The molecule has 1 aliphatic carbocycles. The van der Waals surface area contributed by atoms with Gasteiger partial charge in [-0.05, 0) is 80.2 Å². The Balaban J connectivity index is 1.33. The molecule has 5 aromatic rings. The predicted molar refractivity (Wildman–Crippen MR) is 154 cm³/mol. The topological polar surface area (TPSA) is 59.4 Å². The van der Waals surface area contributed by atoms with Crippen LogP contribution in [-0.4, -0.2) is 54.1 Å². The van der Waals surface area contributed by atoms with E-state index < -0.39 is 0 Å². The zero-order valence-corrected chi connectivity index (χ0v) is 22.5. The lowest BCUT2D eigenvalue weighted by molar-refractivity contribution is 0.0948. The van der Waals surface area contributed by atoms with Crippen LogP contribution in [0.1, 0.15) is 34.0 Å². The van der Waals surface area contributed by atoms with Gasteiger partial charge in [0.1, 0.15) is 11.4 Å². The second-order valence-electron chi connectivity index (χ2n) is 10.8. The highest BCUT2D eigenvalue weighted by molar-refractivity contribution is 6.17. The lowest BCUT2D eigenvalue weighted by Gasteiger charge is -2.12. The number of ether oxygens (including phenoxy) is 1. The standard InChI is InChI=1S/C32H34N4O2/c1-20-24-12-13-33-30(32(37)34-14-15-35(2)3)27(24)18-28-26-17-23(10-11-29(26)36(4)31(20)28)38-19-22-16-25(22)21-8-6-5-7-9-21/h5-13,17-18,22,25H,14-16,19H2,1-4H3,(H,34,37)/t22-,25-/m1/s1. The number of carbonyl (C=O) groups is 1. The van der Waals surface area contributed by atoms with Gasteiger partial charge in [-0.25, -0.2) is 0 Å². The molecule has 6 nitrogen and oxygen atoms in total. The highest BCUT2D eigenvalue weighted by Gasteiger charge is 2.38. The molecule has 1 aliphatic rings. The molecular formula is C32H34N4O2. The Hall–Kier alpha value is -3.90. The summed E-state index contributed by atoms with van der Waals surface area (Å²) in [5, 5.41) is 7.19. The Morgan fingerprint density at radius 2 is 1.87 bits per heavy atom. The van der Waals surface area contributed by atoms with Crippen molar-refractivity contribution in [3.05, 3.63) is 83.7 Å². The van der Waals surface area contributed by atoms with Gasteiger partial charge in [-0.15, -0.1) is 0 Å². The molecule has 0 saturated heterocycles. The first kappa shape index (κ1) is 24.4. The summed E-state index contributed by atoms with van der Waals surface area (Å²) in [4.78, 5) is 19.6. The molecule has 1 amide bonds. The van der Waals surface area contributed by atoms with E-state index in [-0.39, 0.29) is 5.91 Å². The number of carbonyl (C=O) groups excluding carboxylic acids is 1. The van der Waals surface area contributed by atoms with Gasteiger partial charge in [-0.1, -0.05) is 30.3 Å². The van der Waals surface area contributed by atoms with Crippen molar-refractivity contribution in [2.45, 2.75) is 19.3 Å². The minimum Gasteiger partial charge on any atom is -0.493 e. The normalized spacial score (nSPS) is 17.0. The third-order valence-electron chi connectivity index (χ3n) is 7.92. The fourth-order valence-corrected chi connectivity index (χ4v) is 5.76. The van der Waals surface area contributed by atoms with Gasteiger partial charge in [0.15, 0.2) is 0 Å². The summed E-state index contributed by atoms with van der Waals surface area (Å²) in [7, 11) is 6.09. The van der Waals surface area contributed by atoms with Crippen LogP contribution in [0.5, 0.6) is 5.75 Å². The Morgan fingerprint density at radius 1 is 1.05 bits per heavy atom. The van der Waals surface area contributed by atoms with Crippen molar-refractivity contribution in [2.75, 3.05) is 33.8 Å². The van der Waals surface area contributed by atoms with Gasteiger partial charge in [0.05, 0.1) is 12.1 Å². The molecule has 2 heterocycles.